The van der Waals surface area contributed by atoms with Gasteiger partial charge in [0.1, 0.15) is 0 Å². The highest BCUT2D eigenvalue weighted by atomic mass is 35.5. The van der Waals surface area contributed by atoms with E-state index in [9.17, 15) is 18.0 Å². The minimum absolute atomic E-state index is 0. The van der Waals surface area contributed by atoms with Crippen LogP contribution in [0, 0.1) is 0 Å². The predicted octanol–water partition coefficient (Wildman–Crippen LogP) is 3.32. The molecule has 0 spiro atoms. The number of carbonyl (C=O) groups excluding carboxylic acids is 1. The maximum absolute atomic E-state index is 12.6. The molecule has 1 aliphatic rings. The first-order valence-corrected chi connectivity index (χ1v) is 8.24. The number of benzene rings is 1. The lowest BCUT2D eigenvalue weighted by atomic mass is 10.1. The van der Waals surface area contributed by atoms with E-state index in [1.165, 1.54) is 12.1 Å². The Balaban J connectivity index is 0.00000312. The zero-order valence-electron chi connectivity index (χ0n) is 14.7. The van der Waals surface area contributed by atoms with E-state index in [0.29, 0.717) is 32.6 Å². The molecule has 0 aliphatic carbocycles. The number of nitrogens with two attached hydrogens (primary N) is 1. The molecule has 0 radical (unpaired) electrons. The van der Waals surface area contributed by atoms with Gasteiger partial charge in [0.25, 0.3) is 0 Å². The third-order valence-corrected chi connectivity index (χ3v) is 4.34. The van der Waals surface area contributed by atoms with Crippen LogP contribution < -0.4 is 5.73 Å². The lowest BCUT2D eigenvalue weighted by molar-refractivity contribution is -0.137. The second-order valence-corrected chi connectivity index (χ2v) is 6.16. The average Bonchev–Trinajstić information content (AvgIpc) is 2.78. The highest BCUT2D eigenvalue weighted by Crippen LogP contribution is 2.29. The van der Waals surface area contributed by atoms with Gasteiger partial charge in [0.05, 0.1) is 11.6 Å². The number of rotatable bonds is 4. The Morgan fingerprint density at radius 3 is 2.27 bits per heavy atom. The summed E-state index contributed by atoms with van der Waals surface area (Å²) in [6, 6.07) is 4.81. The fraction of sp³-hybridized carbons (Fsp3) is 0.588. The molecule has 1 aromatic rings. The van der Waals surface area contributed by atoms with Gasteiger partial charge in [0, 0.05) is 32.7 Å². The smallest absolute Gasteiger partial charge is 0.340 e. The Hall–Kier alpha value is -1.02. The third-order valence-electron chi connectivity index (χ3n) is 4.34. The van der Waals surface area contributed by atoms with E-state index in [4.69, 9.17) is 5.73 Å². The molecule has 2 rings (SSSR count). The summed E-state index contributed by atoms with van der Waals surface area (Å²) < 4.78 is 37.8. The molecule has 9 heteroatoms. The van der Waals surface area contributed by atoms with Crippen LogP contribution in [0.4, 0.5) is 13.2 Å². The molecule has 0 aromatic heterocycles. The fourth-order valence-electron chi connectivity index (χ4n) is 2.82. The molecular formula is C17H26Cl2F3N3O. The van der Waals surface area contributed by atoms with Gasteiger partial charge in [-0.25, -0.2) is 0 Å². The molecule has 2 N–H and O–H groups in total. The summed E-state index contributed by atoms with van der Waals surface area (Å²) in [5.74, 6) is -0.0196. The van der Waals surface area contributed by atoms with Crippen LogP contribution in [0.1, 0.15) is 30.9 Å². The Bertz CT molecular complexity index is 555. The summed E-state index contributed by atoms with van der Waals surface area (Å²) in [5, 5.41) is 0. The molecule has 4 nitrogen and oxygen atoms in total. The van der Waals surface area contributed by atoms with Crippen LogP contribution in [-0.4, -0.2) is 47.9 Å². The topological polar surface area (TPSA) is 49.6 Å². The van der Waals surface area contributed by atoms with Gasteiger partial charge in [0.15, 0.2) is 0 Å². The Labute approximate surface area is 164 Å². The minimum Gasteiger partial charge on any atom is -0.340 e. The molecule has 26 heavy (non-hydrogen) atoms. The molecule has 1 unspecified atom stereocenters. The summed E-state index contributed by atoms with van der Waals surface area (Å²) in [5.41, 5.74) is 6.02. The van der Waals surface area contributed by atoms with Gasteiger partial charge in [0.2, 0.25) is 5.91 Å². The fourth-order valence-corrected chi connectivity index (χ4v) is 2.82. The quantitative estimate of drug-likeness (QED) is 0.820. The lowest BCUT2D eigenvalue weighted by Gasteiger charge is -2.24. The van der Waals surface area contributed by atoms with Crippen LogP contribution in [0.2, 0.25) is 0 Å². The van der Waals surface area contributed by atoms with Crippen molar-refractivity contribution in [1.82, 2.24) is 9.80 Å². The summed E-state index contributed by atoms with van der Waals surface area (Å²) in [4.78, 5) is 16.1. The first-order valence-electron chi connectivity index (χ1n) is 8.24. The van der Waals surface area contributed by atoms with E-state index in [0.717, 1.165) is 30.7 Å². The number of carbonyl (C=O) groups is 1. The molecule has 1 fully saturated rings. The number of amides is 1. The normalized spacial score (nSPS) is 16.9. The van der Waals surface area contributed by atoms with Crippen molar-refractivity contribution in [2.45, 2.75) is 38.5 Å². The SMILES string of the molecule is CCC(N)C(=O)N1CCCN(Cc2ccc(C(F)(F)F)cc2)CC1.Cl.Cl. The standard InChI is InChI=1S/C17H24F3N3O.2ClH/c1-2-15(21)16(24)23-9-3-8-22(10-11-23)12-13-4-6-14(7-5-13)17(18,19)20;;/h4-7,15H,2-3,8-12,21H2,1H3;2*1H. The molecule has 1 aromatic carbocycles. The number of hydrogen-bond acceptors (Lipinski definition) is 3. The second-order valence-electron chi connectivity index (χ2n) is 6.16. The van der Waals surface area contributed by atoms with Crippen LogP contribution in [0.3, 0.4) is 0 Å². The van der Waals surface area contributed by atoms with Crippen LogP contribution in [0.15, 0.2) is 24.3 Å². The predicted molar refractivity (Wildman–Crippen MR) is 101 cm³/mol. The van der Waals surface area contributed by atoms with Gasteiger partial charge in [-0.2, -0.15) is 13.2 Å². The minimum atomic E-state index is -4.31. The first kappa shape index (κ1) is 25.0. The van der Waals surface area contributed by atoms with Crippen LogP contribution >= 0.6 is 24.8 Å². The van der Waals surface area contributed by atoms with Crippen LogP contribution in [0.5, 0.6) is 0 Å². The zero-order valence-corrected chi connectivity index (χ0v) is 16.3. The zero-order chi connectivity index (χ0) is 17.7. The molecule has 1 heterocycles. The van der Waals surface area contributed by atoms with Gasteiger partial charge in [-0.15, -0.1) is 24.8 Å². The van der Waals surface area contributed by atoms with Crippen molar-refractivity contribution < 1.29 is 18.0 Å². The summed E-state index contributed by atoms with van der Waals surface area (Å²) >= 11 is 0. The molecule has 1 aliphatic heterocycles. The monoisotopic (exact) mass is 415 g/mol. The van der Waals surface area contributed by atoms with Gasteiger partial charge < -0.3 is 10.6 Å². The van der Waals surface area contributed by atoms with E-state index in [1.807, 2.05) is 6.92 Å². The Kier molecular flexibility index (Phi) is 10.5. The van der Waals surface area contributed by atoms with Crippen molar-refractivity contribution in [1.29, 1.82) is 0 Å². The molecule has 1 atom stereocenters. The molecular weight excluding hydrogens is 390 g/mol. The van der Waals surface area contributed by atoms with Gasteiger partial charge in [-0.1, -0.05) is 19.1 Å². The lowest BCUT2D eigenvalue weighted by Crippen LogP contribution is -2.44. The molecule has 1 saturated heterocycles. The van der Waals surface area contributed by atoms with Crippen molar-refractivity contribution >= 4 is 30.7 Å². The largest absolute Gasteiger partial charge is 0.416 e. The Morgan fingerprint density at radius 1 is 1.12 bits per heavy atom. The first-order chi connectivity index (χ1) is 11.3. The summed E-state index contributed by atoms with van der Waals surface area (Å²) in [6.07, 6.45) is -2.85. The molecule has 0 saturated carbocycles. The number of nitrogens with zero attached hydrogens (tertiary/aromatic N) is 2. The van der Waals surface area contributed by atoms with Gasteiger partial charge in [-0.05, 0) is 30.5 Å². The van der Waals surface area contributed by atoms with Crippen LogP contribution in [-0.2, 0) is 17.5 Å². The molecule has 1 amide bonds. The third kappa shape index (κ3) is 6.95. The molecule has 0 bridgehead atoms. The number of alkyl halides is 3. The van der Waals surface area contributed by atoms with E-state index < -0.39 is 17.8 Å². The van der Waals surface area contributed by atoms with Crippen molar-refractivity contribution in [3.8, 4) is 0 Å². The van der Waals surface area contributed by atoms with E-state index in [2.05, 4.69) is 4.90 Å². The van der Waals surface area contributed by atoms with Crippen molar-refractivity contribution in [2.75, 3.05) is 26.2 Å². The second kappa shape index (κ2) is 11.0. The molecule has 150 valence electrons. The van der Waals surface area contributed by atoms with Crippen LogP contribution in [0.25, 0.3) is 0 Å². The summed E-state index contributed by atoms with van der Waals surface area (Å²) in [6.45, 7) is 5.26. The van der Waals surface area contributed by atoms with E-state index in [-0.39, 0.29) is 30.7 Å². The van der Waals surface area contributed by atoms with E-state index >= 15 is 0 Å². The van der Waals surface area contributed by atoms with Crippen molar-refractivity contribution in [2.24, 2.45) is 5.73 Å². The van der Waals surface area contributed by atoms with Crippen molar-refractivity contribution in [3.63, 3.8) is 0 Å². The Morgan fingerprint density at radius 2 is 1.73 bits per heavy atom. The van der Waals surface area contributed by atoms with Gasteiger partial charge in [-0.3, -0.25) is 9.69 Å². The summed E-state index contributed by atoms with van der Waals surface area (Å²) in [7, 11) is 0. The maximum atomic E-state index is 12.6. The highest BCUT2D eigenvalue weighted by molar-refractivity contribution is 5.85. The van der Waals surface area contributed by atoms with Gasteiger partial charge >= 0.3 is 6.18 Å². The number of halogens is 5. The highest BCUT2D eigenvalue weighted by Gasteiger charge is 2.30. The number of hydrogen-bond donors (Lipinski definition) is 1. The average molecular weight is 416 g/mol. The van der Waals surface area contributed by atoms with Crippen molar-refractivity contribution in [3.05, 3.63) is 35.4 Å². The maximum Gasteiger partial charge on any atom is 0.416 e. The van der Waals surface area contributed by atoms with E-state index in [1.54, 1.807) is 4.90 Å².